The van der Waals surface area contributed by atoms with E-state index in [0.29, 0.717) is 5.75 Å². The van der Waals surface area contributed by atoms with Crippen LogP contribution in [0.5, 0.6) is 11.5 Å². The number of benzene rings is 2. The first-order chi connectivity index (χ1) is 10.9. The first-order valence-corrected chi connectivity index (χ1v) is 7.24. The molecule has 0 fully saturated rings. The predicted molar refractivity (Wildman–Crippen MR) is 82.9 cm³/mol. The van der Waals surface area contributed by atoms with E-state index < -0.39 is 34.3 Å². The van der Waals surface area contributed by atoms with Crippen molar-refractivity contribution in [2.45, 2.75) is 13.0 Å². The minimum Gasteiger partial charge on any atom is -0.479 e. The topological polar surface area (TPSA) is 78.7 Å². The van der Waals surface area contributed by atoms with Crippen LogP contribution in [0.2, 0.25) is 0 Å². The van der Waals surface area contributed by atoms with Crippen LogP contribution in [0.1, 0.15) is 6.92 Å². The zero-order valence-corrected chi connectivity index (χ0v) is 13.4. The summed E-state index contributed by atoms with van der Waals surface area (Å²) in [6.07, 6.45) is -1.03. The number of nitro groups is 1. The van der Waals surface area contributed by atoms with Crippen molar-refractivity contribution in [2.75, 3.05) is 0 Å². The summed E-state index contributed by atoms with van der Waals surface area (Å²) in [7, 11) is 0. The molecule has 120 valence electrons. The van der Waals surface area contributed by atoms with Gasteiger partial charge >= 0.3 is 11.7 Å². The van der Waals surface area contributed by atoms with Crippen LogP contribution in [0.3, 0.4) is 0 Å². The van der Waals surface area contributed by atoms with Crippen LogP contribution < -0.4 is 9.47 Å². The molecule has 6 nitrogen and oxygen atoms in total. The molecule has 0 aromatic heterocycles. The maximum absolute atomic E-state index is 13.2. The SMILES string of the molecule is CC(Oc1ccc(Br)cc1)C(=O)Oc1cc(F)ccc1[N+](=O)[O-]. The molecule has 1 atom stereocenters. The van der Waals surface area contributed by atoms with Crippen LogP contribution in [0, 0.1) is 15.9 Å². The van der Waals surface area contributed by atoms with Gasteiger partial charge in [0.15, 0.2) is 6.10 Å². The number of esters is 1. The Morgan fingerprint density at radius 2 is 1.91 bits per heavy atom. The molecule has 0 aliphatic rings. The third-order valence-electron chi connectivity index (χ3n) is 2.79. The lowest BCUT2D eigenvalue weighted by molar-refractivity contribution is -0.385. The lowest BCUT2D eigenvalue weighted by atomic mass is 10.3. The van der Waals surface area contributed by atoms with Crippen molar-refractivity contribution in [2.24, 2.45) is 0 Å². The van der Waals surface area contributed by atoms with Crippen molar-refractivity contribution in [3.63, 3.8) is 0 Å². The summed E-state index contributed by atoms with van der Waals surface area (Å²) in [5.41, 5.74) is -0.504. The summed E-state index contributed by atoms with van der Waals surface area (Å²) in [5, 5.41) is 10.9. The van der Waals surface area contributed by atoms with Gasteiger partial charge in [-0.3, -0.25) is 10.1 Å². The molecule has 8 heteroatoms. The second-order valence-corrected chi connectivity index (χ2v) is 5.42. The minimum absolute atomic E-state index is 0.423. The molecule has 1 unspecified atom stereocenters. The molecule has 0 spiro atoms. The van der Waals surface area contributed by atoms with E-state index >= 15 is 0 Å². The van der Waals surface area contributed by atoms with Crippen LogP contribution in [-0.2, 0) is 4.79 Å². The number of carbonyl (C=O) groups excluding carboxylic acids is 1. The lowest BCUT2D eigenvalue weighted by Gasteiger charge is -2.14. The molecule has 0 heterocycles. The Bertz CT molecular complexity index is 735. The van der Waals surface area contributed by atoms with Crippen molar-refractivity contribution >= 4 is 27.6 Å². The fourth-order valence-electron chi connectivity index (χ4n) is 1.68. The lowest BCUT2D eigenvalue weighted by Crippen LogP contribution is -2.28. The minimum atomic E-state index is -1.03. The zero-order valence-electron chi connectivity index (χ0n) is 11.9. The van der Waals surface area contributed by atoms with Crippen LogP contribution in [0.15, 0.2) is 46.9 Å². The first-order valence-electron chi connectivity index (χ1n) is 6.44. The van der Waals surface area contributed by atoms with E-state index in [1.807, 2.05) is 0 Å². The van der Waals surface area contributed by atoms with E-state index in [0.717, 1.165) is 22.7 Å². The molecule has 0 aliphatic carbocycles. The van der Waals surface area contributed by atoms with Gasteiger partial charge in [-0.2, -0.15) is 0 Å². The highest BCUT2D eigenvalue weighted by Crippen LogP contribution is 2.28. The number of hydrogen-bond acceptors (Lipinski definition) is 5. The van der Waals surface area contributed by atoms with Crippen molar-refractivity contribution in [1.82, 2.24) is 0 Å². The smallest absolute Gasteiger partial charge is 0.352 e. The van der Waals surface area contributed by atoms with Crippen LogP contribution in [0.4, 0.5) is 10.1 Å². The molecular formula is C15H11BrFNO5. The molecule has 0 radical (unpaired) electrons. The number of hydrogen-bond donors (Lipinski definition) is 0. The van der Waals surface area contributed by atoms with Gasteiger partial charge < -0.3 is 9.47 Å². The summed E-state index contributed by atoms with van der Waals surface area (Å²) in [5.74, 6) is -1.67. The van der Waals surface area contributed by atoms with Crippen LogP contribution in [0.25, 0.3) is 0 Å². The number of rotatable bonds is 5. The summed E-state index contributed by atoms with van der Waals surface area (Å²) < 4.78 is 24.3. The summed E-state index contributed by atoms with van der Waals surface area (Å²) in [4.78, 5) is 22.1. The Labute approximate surface area is 139 Å². The van der Waals surface area contributed by atoms with E-state index in [1.165, 1.54) is 6.92 Å². The Kier molecular flexibility index (Phi) is 5.28. The van der Waals surface area contributed by atoms with E-state index in [2.05, 4.69) is 15.9 Å². The zero-order chi connectivity index (χ0) is 17.0. The van der Waals surface area contributed by atoms with E-state index in [1.54, 1.807) is 24.3 Å². The Hall–Kier alpha value is -2.48. The molecule has 0 saturated heterocycles. The number of nitrogens with zero attached hydrogens (tertiary/aromatic N) is 1. The predicted octanol–water partition coefficient (Wildman–Crippen LogP) is 3.87. The maximum atomic E-state index is 13.2. The van der Waals surface area contributed by atoms with Crippen molar-refractivity contribution in [3.05, 3.63) is 62.9 Å². The average molecular weight is 384 g/mol. The van der Waals surface area contributed by atoms with E-state index in [-0.39, 0.29) is 0 Å². The number of nitro benzene ring substituents is 1. The van der Waals surface area contributed by atoms with Gasteiger partial charge in [0, 0.05) is 16.6 Å². The van der Waals surface area contributed by atoms with E-state index in [4.69, 9.17) is 9.47 Å². The highest BCUT2D eigenvalue weighted by molar-refractivity contribution is 9.10. The van der Waals surface area contributed by atoms with Crippen molar-refractivity contribution in [3.8, 4) is 11.5 Å². The van der Waals surface area contributed by atoms with Gasteiger partial charge in [0.1, 0.15) is 11.6 Å². The average Bonchev–Trinajstić information content (AvgIpc) is 2.49. The molecule has 0 saturated carbocycles. The maximum Gasteiger partial charge on any atom is 0.352 e. The van der Waals surface area contributed by atoms with Crippen molar-refractivity contribution < 1.29 is 23.6 Å². The molecule has 2 rings (SSSR count). The summed E-state index contributed by atoms with van der Waals surface area (Å²) in [6.45, 7) is 1.43. The Morgan fingerprint density at radius 1 is 1.26 bits per heavy atom. The fraction of sp³-hybridized carbons (Fsp3) is 0.133. The second-order valence-electron chi connectivity index (χ2n) is 4.50. The van der Waals surface area contributed by atoms with Gasteiger partial charge in [0.2, 0.25) is 5.75 Å². The number of ether oxygens (including phenoxy) is 2. The Morgan fingerprint density at radius 3 is 2.52 bits per heavy atom. The van der Waals surface area contributed by atoms with Gasteiger partial charge in [0.05, 0.1) is 4.92 Å². The van der Waals surface area contributed by atoms with Gasteiger partial charge in [0.25, 0.3) is 0 Å². The molecule has 23 heavy (non-hydrogen) atoms. The van der Waals surface area contributed by atoms with E-state index in [9.17, 15) is 19.3 Å². The molecule has 0 N–H and O–H groups in total. The van der Waals surface area contributed by atoms with Gasteiger partial charge in [-0.05, 0) is 37.3 Å². The first kappa shape index (κ1) is 16.9. The molecule has 0 aliphatic heterocycles. The van der Waals surface area contributed by atoms with Gasteiger partial charge in [-0.15, -0.1) is 0 Å². The quantitative estimate of drug-likeness (QED) is 0.339. The standard InChI is InChI=1S/C15H11BrFNO5/c1-9(22-12-5-2-10(16)3-6-12)15(19)23-14-8-11(17)4-7-13(14)18(20)21/h2-9H,1H3. The molecule has 2 aromatic carbocycles. The molecule has 2 aromatic rings. The molecule has 0 bridgehead atoms. The third kappa shape index (κ3) is 4.49. The van der Waals surface area contributed by atoms with Gasteiger partial charge in [-0.1, -0.05) is 15.9 Å². The third-order valence-corrected chi connectivity index (χ3v) is 3.32. The monoisotopic (exact) mass is 383 g/mol. The summed E-state index contributed by atoms with van der Waals surface area (Å²) in [6, 6.07) is 9.35. The Balaban J connectivity index is 2.10. The fourth-order valence-corrected chi connectivity index (χ4v) is 1.94. The number of halogens is 2. The highest BCUT2D eigenvalue weighted by Gasteiger charge is 2.23. The molecular weight excluding hydrogens is 373 g/mol. The largest absolute Gasteiger partial charge is 0.479 e. The van der Waals surface area contributed by atoms with Gasteiger partial charge in [-0.25, -0.2) is 9.18 Å². The van der Waals surface area contributed by atoms with Crippen LogP contribution in [-0.4, -0.2) is 17.0 Å². The van der Waals surface area contributed by atoms with Crippen LogP contribution >= 0.6 is 15.9 Å². The normalized spacial score (nSPS) is 11.6. The second kappa shape index (κ2) is 7.19. The summed E-state index contributed by atoms with van der Waals surface area (Å²) >= 11 is 3.27. The number of carbonyl (C=O) groups is 1. The van der Waals surface area contributed by atoms with Crippen molar-refractivity contribution in [1.29, 1.82) is 0 Å². The highest BCUT2D eigenvalue weighted by atomic mass is 79.9. The molecule has 0 amide bonds.